The lowest BCUT2D eigenvalue weighted by Crippen LogP contribution is -2.26. The zero-order chi connectivity index (χ0) is 13.7. The minimum Gasteiger partial charge on any atom is -0.496 e. The van der Waals surface area contributed by atoms with Crippen LogP contribution in [0.15, 0.2) is 12.1 Å². The number of ether oxygens (including phenoxy) is 1. The van der Waals surface area contributed by atoms with Crippen LogP contribution in [0.5, 0.6) is 5.75 Å². The van der Waals surface area contributed by atoms with Crippen molar-refractivity contribution in [3.05, 3.63) is 28.3 Å². The molecule has 4 heteroatoms. The van der Waals surface area contributed by atoms with Gasteiger partial charge in [-0.2, -0.15) is 0 Å². The van der Waals surface area contributed by atoms with Gasteiger partial charge in [-0.1, -0.05) is 11.6 Å². The Morgan fingerprint density at radius 2 is 2.11 bits per heavy atom. The van der Waals surface area contributed by atoms with Crippen LogP contribution in [0.2, 0.25) is 5.02 Å². The third-order valence-corrected chi connectivity index (χ3v) is 3.22. The first-order valence-electron chi connectivity index (χ1n) is 5.95. The van der Waals surface area contributed by atoms with Crippen LogP contribution >= 0.6 is 11.6 Å². The van der Waals surface area contributed by atoms with Crippen LogP contribution in [0, 0.1) is 6.92 Å². The van der Waals surface area contributed by atoms with Gasteiger partial charge in [-0.3, -0.25) is 9.69 Å². The molecule has 0 aromatic heterocycles. The number of halogens is 1. The van der Waals surface area contributed by atoms with E-state index in [1.54, 1.807) is 14.0 Å². The SMILES string of the molecule is COc1cc(C)c(Cl)cc1CCN(C)CC(C)=O. The minimum absolute atomic E-state index is 0.173. The highest BCUT2D eigenvalue weighted by molar-refractivity contribution is 6.31. The fourth-order valence-electron chi connectivity index (χ4n) is 1.85. The smallest absolute Gasteiger partial charge is 0.143 e. The molecule has 0 amide bonds. The van der Waals surface area contributed by atoms with Gasteiger partial charge in [0.2, 0.25) is 0 Å². The molecule has 100 valence electrons. The van der Waals surface area contributed by atoms with Crippen LogP contribution < -0.4 is 4.74 Å². The van der Waals surface area contributed by atoms with Crippen molar-refractivity contribution in [1.82, 2.24) is 4.90 Å². The van der Waals surface area contributed by atoms with Crippen LogP contribution in [0.3, 0.4) is 0 Å². The van der Waals surface area contributed by atoms with E-state index in [0.717, 1.165) is 34.9 Å². The van der Waals surface area contributed by atoms with Crippen molar-refractivity contribution in [2.75, 3.05) is 27.2 Å². The third kappa shape index (κ3) is 4.31. The number of nitrogens with zero attached hydrogens (tertiary/aromatic N) is 1. The van der Waals surface area contributed by atoms with Crippen LogP contribution in [0.1, 0.15) is 18.1 Å². The second-order valence-corrected chi connectivity index (χ2v) is 5.01. The van der Waals surface area contributed by atoms with Crippen LogP contribution in [-0.2, 0) is 11.2 Å². The van der Waals surface area contributed by atoms with Crippen molar-refractivity contribution < 1.29 is 9.53 Å². The topological polar surface area (TPSA) is 29.5 Å². The van der Waals surface area contributed by atoms with Crippen molar-refractivity contribution in [2.24, 2.45) is 0 Å². The second kappa shape index (κ2) is 6.76. The van der Waals surface area contributed by atoms with Crippen molar-refractivity contribution >= 4 is 17.4 Å². The number of hydrogen-bond donors (Lipinski definition) is 0. The highest BCUT2D eigenvalue weighted by Gasteiger charge is 2.09. The fourth-order valence-corrected chi connectivity index (χ4v) is 2.04. The fraction of sp³-hybridized carbons (Fsp3) is 0.500. The number of likely N-dealkylation sites (N-methyl/N-ethyl adjacent to an activating group) is 1. The zero-order valence-electron chi connectivity index (χ0n) is 11.4. The quantitative estimate of drug-likeness (QED) is 0.795. The molecule has 0 aliphatic carbocycles. The Kier molecular flexibility index (Phi) is 5.63. The van der Waals surface area contributed by atoms with Gasteiger partial charge in [-0.05, 0) is 50.6 Å². The number of methoxy groups -OCH3 is 1. The Hall–Kier alpha value is -1.06. The van der Waals surface area contributed by atoms with Gasteiger partial charge in [0.05, 0.1) is 13.7 Å². The number of rotatable bonds is 6. The largest absolute Gasteiger partial charge is 0.496 e. The molecule has 0 saturated carbocycles. The molecular formula is C14H20ClNO2. The van der Waals surface area contributed by atoms with E-state index in [9.17, 15) is 4.79 Å². The van der Waals surface area contributed by atoms with E-state index < -0.39 is 0 Å². The summed E-state index contributed by atoms with van der Waals surface area (Å²) in [4.78, 5) is 13.0. The molecule has 0 unspecified atom stereocenters. The summed E-state index contributed by atoms with van der Waals surface area (Å²) in [6.45, 7) is 4.83. The molecule has 1 aromatic rings. The van der Waals surface area contributed by atoms with Crippen molar-refractivity contribution in [3.8, 4) is 5.75 Å². The van der Waals surface area contributed by atoms with Gasteiger partial charge >= 0.3 is 0 Å². The van der Waals surface area contributed by atoms with E-state index >= 15 is 0 Å². The predicted octanol–water partition coefficient (Wildman–Crippen LogP) is 2.72. The first-order chi connectivity index (χ1) is 8.43. The summed E-state index contributed by atoms with van der Waals surface area (Å²) in [6.07, 6.45) is 0.812. The van der Waals surface area contributed by atoms with Gasteiger partial charge in [-0.15, -0.1) is 0 Å². The molecule has 0 bridgehead atoms. The number of benzene rings is 1. The zero-order valence-corrected chi connectivity index (χ0v) is 12.2. The molecule has 0 atom stereocenters. The Morgan fingerprint density at radius 3 is 2.67 bits per heavy atom. The standard InChI is InChI=1S/C14H20ClNO2/c1-10-7-14(18-4)12(8-13(10)15)5-6-16(3)9-11(2)17/h7-8H,5-6,9H2,1-4H3. The molecule has 0 radical (unpaired) electrons. The predicted molar refractivity (Wildman–Crippen MR) is 74.6 cm³/mol. The first-order valence-corrected chi connectivity index (χ1v) is 6.32. The second-order valence-electron chi connectivity index (χ2n) is 4.60. The van der Waals surface area contributed by atoms with Crippen LogP contribution in [0.4, 0.5) is 0 Å². The molecule has 18 heavy (non-hydrogen) atoms. The van der Waals surface area contributed by atoms with E-state index in [-0.39, 0.29) is 5.78 Å². The third-order valence-electron chi connectivity index (χ3n) is 2.82. The van der Waals surface area contributed by atoms with Crippen LogP contribution in [0.25, 0.3) is 0 Å². The van der Waals surface area contributed by atoms with Crippen molar-refractivity contribution in [1.29, 1.82) is 0 Å². The Bertz CT molecular complexity index is 432. The summed E-state index contributed by atoms with van der Waals surface area (Å²) < 4.78 is 5.35. The molecule has 3 nitrogen and oxygen atoms in total. The minimum atomic E-state index is 0.173. The summed E-state index contributed by atoms with van der Waals surface area (Å²) in [6, 6.07) is 3.89. The molecule has 0 spiro atoms. The van der Waals surface area contributed by atoms with Gasteiger partial charge in [0, 0.05) is 11.6 Å². The van der Waals surface area contributed by atoms with Crippen molar-refractivity contribution in [2.45, 2.75) is 20.3 Å². The average Bonchev–Trinajstić information content (AvgIpc) is 2.29. The maximum atomic E-state index is 11.0. The lowest BCUT2D eigenvalue weighted by Gasteiger charge is -2.16. The summed E-state index contributed by atoms with van der Waals surface area (Å²) >= 11 is 6.12. The summed E-state index contributed by atoms with van der Waals surface area (Å²) in [7, 11) is 3.59. The number of ketones is 1. The summed E-state index contributed by atoms with van der Waals surface area (Å²) in [5.74, 6) is 1.03. The number of aryl methyl sites for hydroxylation is 1. The van der Waals surface area contributed by atoms with E-state index in [1.165, 1.54) is 0 Å². The van der Waals surface area contributed by atoms with E-state index in [1.807, 2.05) is 31.0 Å². The molecule has 0 aliphatic rings. The summed E-state index contributed by atoms with van der Waals surface area (Å²) in [5.41, 5.74) is 2.08. The molecule has 0 saturated heterocycles. The van der Waals surface area contributed by atoms with Crippen molar-refractivity contribution in [3.63, 3.8) is 0 Å². The van der Waals surface area contributed by atoms with E-state index in [2.05, 4.69) is 0 Å². The van der Waals surface area contributed by atoms with Gasteiger partial charge in [-0.25, -0.2) is 0 Å². The number of carbonyl (C=O) groups excluding carboxylic acids is 1. The first kappa shape index (κ1) is 15.0. The Labute approximate surface area is 114 Å². The Balaban J connectivity index is 2.72. The lowest BCUT2D eigenvalue weighted by molar-refractivity contribution is -0.117. The highest BCUT2D eigenvalue weighted by atomic mass is 35.5. The molecule has 0 fully saturated rings. The van der Waals surface area contributed by atoms with E-state index in [4.69, 9.17) is 16.3 Å². The average molecular weight is 270 g/mol. The number of hydrogen-bond acceptors (Lipinski definition) is 3. The van der Waals surface area contributed by atoms with Gasteiger partial charge in [0.25, 0.3) is 0 Å². The highest BCUT2D eigenvalue weighted by Crippen LogP contribution is 2.26. The monoisotopic (exact) mass is 269 g/mol. The molecule has 1 rings (SSSR count). The summed E-state index contributed by atoms with van der Waals surface area (Å²) in [5, 5.41) is 0.750. The molecular weight excluding hydrogens is 250 g/mol. The van der Waals surface area contributed by atoms with E-state index in [0.29, 0.717) is 6.54 Å². The van der Waals surface area contributed by atoms with Gasteiger partial charge < -0.3 is 4.74 Å². The maximum absolute atomic E-state index is 11.0. The Morgan fingerprint density at radius 1 is 1.44 bits per heavy atom. The van der Waals surface area contributed by atoms with Crippen LogP contribution in [-0.4, -0.2) is 37.9 Å². The molecule has 0 heterocycles. The number of carbonyl (C=O) groups is 1. The lowest BCUT2D eigenvalue weighted by atomic mass is 10.1. The maximum Gasteiger partial charge on any atom is 0.143 e. The molecule has 1 aromatic carbocycles. The number of Topliss-reactive ketones (excluding diaryl/α,β-unsaturated/α-hetero) is 1. The van der Waals surface area contributed by atoms with Gasteiger partial charge in [0.15, 0.2) is 0 Å². The normalized spacial score (nSPS) is 10.8. The van der Waals surface area contributed by atoms with Gasteiger partial charge in [0.1, 0.15) is 11.5 Å². The molecule has 0 N–H and O–H groups in total. The molecule has 0 aliphatic heterocycles.